The van der Waals surface area contributed by atoms with Gasteiger partial charge >= 0.3 is 0 Å². The zero-order valence-electron chi connectivity index (χ0n) is 12.4. The van der Waals surface area contributed by atoms with E-state index in [1.54, 1.807) is 0 Å². The summed E-state index contributed by atoms with van der Waals surface area (Å²) in [7, 11) is 0. The quantitative estimate of drug-likeness (QED) is 0.585. The zero-order valence-corrected chi connectivity index (χ0v) is 12.4. The monoisotopic (exact) mass is 247 g/mol. The van der Waals surface area contributed by atoms with Crippen molar-refractivity contribution < 1.29 is 0 Å². The van der Waals surface area contributed by atoms with Crippen LogP contribution in [0, 0.1) is 5.92 Å². The molecule has 1 unspecified atom stereocenters. The fourth-order valence-electron chi connectivity index (χ4n) is 2.42. The molecule has 0 amide bonds. The van der Waals surface area contributed by atoms with E-state index in [1.807, 2.05) is 0 Å². The van der Waals surface area contributed by atoms with Crippen molar-refractivity contribution in [1.29, 1.82) is 0 Å². The highest BCUT2D eigenvalue weighted by molar-refractivity contribution is 5.14. The van der Waals surface area contributed by atoms with Crippen molar-refractivity contribution in [1.82, 2.24) is 4.98 Å². The van der Waals surface area contributed by atoms with Crippen molar-refractivity contribution in [2.24, 2.45) is 5.92 Å². The summed E-state index contributed by atoms with van der Waals surface area (Å²) in [6.07, 6.45) is 12.3. The Balaban J connectivity index is 2.37. The Hall–Kier alpha value is -0.850. The molecule has 1 rings (SSSR count). The normalized spacial score (nSPS) is 12.6. The van der Waals surface area contributed by atoms with Crippen molar-refractivity contribution in [3.05, 3.63) is 29.6 Å². The largest absolute Gasteiger partial charge is 0.261 e. The Kier molecular flexibility index (Phi) is 7.71. The zero-order chi connectivity index (χ0) is 13.2. The topological polar surface area (TPSA) is 12.9 Å². The van der Waals surface area contributed by atoms with E-state index >= 15 is 0 Å². The van der Waals surface area contributed by atoms with E-state index in [4.69, 9.17) is 0 Å². The maximum absolute atomic E-state index is 4.53. The Labute approximate surface area is 113 Å². The molecular weight excluding hydrogens is 218 g/mol. The average Bonchev–Trinajstić information content (AvgIpc) is 2.41. The molecule has 1 nitrogen and oxygen atoms in total. The second-order valence-electron chi connectivity index (χ2n) is 5.36. The maximum Gasteiger partial charge on any atom is 0.0403 e. The summed E-state index contributed by atoms with van der Waals surface area (Å²) < 4.78 is 0. The van der Waals surface area contributed by atoms with Crippen LogP contribution in [0.1, 0.15) is 70.6 Å². The number of pyridine rings is 1. The van der Waals surface area contributed by atoms with Crippen LogP contribution in [-0.4, -0.2) is 4.98 Å². The highest BCUT2D eigenvalue weighted by Crippen LogP contribution is 2.19. The van der Waals surface area contributed by atoms with Crippen LogP contribution in [0.2, 0.25) is 0 Å². The molecule has 0 saturated carbocycles. The number of hydrogen-bond donors (Lipinski definition) is 0. The van der Waals surface area contributed by atoms with Crippen LogP contribution in [0.3, 0.4) is 0 Å². The van der Waals surface area contributed by atoms with Crippen molar-refractivity contribution in [2.75, 3.05) is 0 Å². The third-order valence-electron chi connectivity index (χ3n) is 3.78. The summed E-state index contributed by atoms with van der Waals surface area (Å²) in [4.78, 5) is 4.53. The third-order valence-corrected chi connectivity index (χ3v) is 3.78. The molecular formula is C17H29N. The first-order valence-electron chi connectivity index (χ1n) is 7.73. The van der Waals surface area contributed by atoms with Crippen molar-refractivity contribution in [3.8, 4) is 0 Å². The molecule has 1 heterocycles. The molecule has 102 valence electrons. The molecule has 0 fully saturated rings. The number of hydrogen-bond acceptors (Lipinski definition) is 1. The first-order valence-corrected chi connectivity index (χ1v) is 7.73. The first kappa shape index (κ1) is 15.2. The lowest BCUT2D eigenvalue weighted by Gasteiger charge is -2.14. The molecule has 0 aromatic carbocycles. The van der Waals surface area contributed by atoms with Gasteiger partial charge in [-0.25, -0.2) is 0 Å². The third kappa shape index (κ3) is 5.66. The fraction of sp³-hybridized carbons (Fsp3) is 0.706. The Bertz CT molecular complexity index is 302. The molecule has 0 aliphatic carbocycles. The molecule has 1 aromatic heterocycles. The molecule has 0 N–H and O–H groups in total. The smallest absolute Gasteiger partial charge is 0.0403 e. The van der Waals surface area contributed by atoms with E-state index in [2.05, 4.69) is 44.1 Å². The van der Waals surface area contributed by atoms with Gasteiger partial charge in [-0.05, 0) is 36.8 Å². The fourth-order valence-corrected chi connectivity index (χ4v) is 2.42. The minimum Gasteiger partial charge on any atom is -0.261 e. The van der Waals surface area contributed by atoms with Crippen LogP contribution in [-0.2, 0) is 12.8 Å². The van der Waals surface area contributed by atoms with Gasteiger partial charge < -0.3 is 0 Å². The number of aryl methyl sites for hydroxylation is 2. The van der Waals surface area contributed by atoms with Crippen LogP contribution >= 0.6 is 0 Å². The van der Waals surface area contributed by atoms with Gasteiger partial charge in [-0.1, -0.05) is 58.9 Å². The summed E-state index contributed by atoms with van der Waals surface area (Å²) in [6, 6.07) is 4.47. The minimum atomic E-state index is 0.903. The molecule has 1 heteroatoms. The van der Waals surface area contributed by atoms with Gasteiger partial charge in [-0.2, -0.15) is 0 Å². The minimum absolute atomic E-state index is 0.903. The van der Waals surface area contributed by atoms with E-state index in [0.29, 0.717) is 0 Å². The summed E-state index contributed by atoms with van der Waals surface area (Å²) in [5, 5.41) is 0. The SMILES string of the molecule is CCCCC(CC)CCc1ccc(CCC)nc1. The predicted octanol–water partition coefficient (Wildman–Crippen LogP) is 5.18. The van der Waals surface area contributed by atoms with Gasteiger partial charge in [0.2, 0.25) is 0 Å². The Morgan fingerprint density at radius 1 is 1.00 bits per heavy atom. The highest BCUT2D eigenvalue weighted by Gasteiger charge is 2.06. The molecule has 0 saturated heterocycles. The number of aromatic nitrogens is 1. The second kappa shape index (κ2) is 9.13. The van der Waals surface area contributed by atoms with Crippen LogP contribution in [0.15, 0.2) is 18.3 Å². The molecule has 0 aliphatic rings. The predicted molar refractivity (Wildman–Crippen MR) is 79.9 cm³/mol. The van der Waals surface area contributed by atoms with E-state index in [-0.39, 0.29) is 0 Å². The summed E-state index contributed by atoms with van der Waals surface area (Å²) in [5.74, 6) is 0.903. The van der Waals surface area contributed by atoms with Gasteiger partial charge in [0.1, 0.15) is 0 Å². The lowest BCUT2D eigenvalue weighted by molar-refractivity contribution is 0.421. The van der Waals surface area contributed by atoms with Gasteiger partial charge in [-0.3, -0.25) is 4.98 Å². The van der Waals surface area contributed by atoms with Crippen LogP contribution in [0.25, 0.3) is 0 Å². The lowest BCUT2D eigenvalue weighted by atomic mass is 9.93. The van der Waals surface area contributed by atoms with Gasteiger partial charge in [0, 0.05) is 11.9 Å². The number of nitrogens with zero attached hydrogens (tertiary/aromatic N) is 1. The molecule has 0 radical (unpaired) electrons. The molecule has 18 heavy (non-hydrogen) atoms. The molecule has 1 atom stereocenters. The Morgan fingerprint density at radius 2 is 1.83 bits per heavy atom. The molecule has 0 bridgehead atoms. The van der Waals surface area contributed by atoms with E-state index in [1.165, 1.54) is 56.2 Å². The summed E-state index contributed by atoms with van der Waals surface area (Å²) in [6.45, 7) is 6.81. The van der Waals surface area contributed by atoms with Crippen molar-refractivity contribution in [3.63, 3.8) is 0 Å². The van der Waals surface area contributed by atoms with Gasteiger partial charge in [-0.15, -0.1) is 0 Å². The number of unbranched alkanes of at least 4 members (excludes halogenated alkanes) is 1. The lowest BCUT2D eigenvalue weighted by Crippen LogP contribution is -2.01. The molecule has 0 spiro atoms. The number of rotatable bonds is 9. The van der Waals surface area contributed by atoms with Crippen molar-refractivity contribution in [2.45, 2.75) is 72.1 Å². The van der Waals surface area contributed by atoms with Crippen LogP contribution in [0.5, 0.6) is 0 Å². The maximum atomic E-state index is 4.53. The molecule has 1 aromatic rings. The van der Waals surface area contributed by atoms with Gasteiger partial charge in [0.05, 0.1) is 0 Å². The summed E-state index contributed by atoms with van der Waals surface area (Å²) in [5.41, 5.74) is 2.64. The second-order valence-corrected chi connectivity index (χ2v) is 5.36. The van der Waals surface area contributed by atoms with E-state index in [9.17, 15) is 0 Å². The van der Waals surface area contributed by atoms with E-state index < -0.39 is 0 Å². The van der Waals surface area contributed by atoms with Crippen LogP contribution in [0.4, 0.5) is 0 Å². The first-order chi connectivity index (χ1) is 8.80. The highest BCUT2D eigenvalue weighted by atomic mass is 14.7. The standard InChI is InChI=1S/C17H29N/c1-4-7-9-15(6-3)10-11-16-12-13-17(8-5-2)18-14-16/h12-15H,4-11H2,1-3H3. The average molecular weight is 247 g/mol. The van der Waals surface area contributed by atoms with E-state index in [0.717, 1.165) is 12.3 Å². The van der Waals surface area contributed by atoms with Crippen LogP contribution < -0.4 is 0 Å². The summed E-state index contributed by atoms with van der Waals surface area (Å²) >= 11 is 0. The van der Waals surface area contributed by atoms with Crippen molar-refractivity contribution >= 4 is 0 Å². The Morgan fingerprint density at radius 3 is 2.39 bits per heavy atom. The molecule has 0 aliphatic heterocycles. The van der Waals surface area contributed by atoms with Gasteiger partial charge in [0.15, 0.2) is 0 Å². The van der Waals surface area contributed by atoms with Gasteiger partial charge in [0.25, 0.3) is 0 Å².